The molecule has 182 valence electrons. The SMILES string of the molecule is N#Cc1cccc(C(=O)N2CCC(c3ccc(N(C(=O)[C@H]4CCNC4)c4cccnn4)cc3)CC2)c1. The van der Waals surface area contributed by atoms with Crippen LogP contribution < -0.4 is 10.2 Å². The molecule has 2 amide bonds. The smallest absolute Gasteiger partial charge is 0.253 e. The summed E-state index contributed by atoms with van der Waals surface area (Å²) in [6.07, 6.45) is 4.14. The molecule has 3 heterocycles. The second-order valence-electron chi connectivity index (χ2n) is 9.30. The van der Waals surface area contributed by atoms with Gasteiger partial charge in [0, 0.05) is 31.4 Å². The van der Waals surface area contributed by atoms with Crippen molar-refractivity contribution in [2.24, 2.45) is 5.92 Å². The standard InChI is InChI=1S/C28H28N6O2/c29-18-20-3-1-4-23(17-20)27(35)33-15-11-22(12-16-33)21-6-8-25(9-7-21)34(26-5-2-13-31-32-26)28(36)24-10-14-30-19-24/h1-9,13,17,22,24,30H,10-12,14-16,19H2/t24-/m0/s1. The quantitative estimate of drug-likeness (QED) is 0.598. The maximum Gasteiger partial charge on any atom is 0.253 e. The van der Waals surface area contributed by atoms with Gasteiger partial charge < -0.3 is 10.2 Å². The van der Waals surface area contributed by atoms with E-state index in [-0.39, 0.29) is 17.7 Å². The first-order chi connectivity index (χ1) is 17.6. The van der Waals surface area contributed by atoms with E-state index in [0.717, 1.165) is 31.5 Å². The summed E-state index contributed by atoms with van der Waals surface area (Å²) in [5, 5.41) is 20.6. The Morgan fingerprint density at radius 3 is 2.50 bits per heavy atom. The Balaban J connectivity index is 1.27. The summed E-state index contributed by atoms with van der Waals surface area (Å²) in [5.41, 5.74) is 3.03. The minimum Gasteiger partial charge on any atom is -0.339 e. The van der Waals surface area contributed by atoms with E-state index in [9.17, 15) is 9.59 Å². The monoisotopic (exact) mass is 480 g/mol. The number of hydrogen-bond acceptors (Lipinski definition) is 6. The van der Waals surface area contributed by atoms with E-state index in [4.69, 9.17) is 5.26 Å². The normalized spacial score (nSPS) is 18.0. The average Bonchev–Trinajstić information content (AvgIpc) is 3.49. The van der Waals surface area contributed by atoms with Gasteiger partial charge in [-0.05, 0) is 79.8 Å². The number of hydrogen-bond donors (Lipinski definition) is 1. The van der Waals surface area contributed by atoms with Crippen LogP contribution in [0, 0.1) is 17.2 Å². The highest BCUT2D eigenvalue weighted by molar-refractivity contribution is 6.01. The largest absolute Gasteiger partial charge is 0.339 e. The number of amides is 2. The van der Waals surface area contributed by atoms with E-state index >= 15 is 0 Å². The molecule has 2 saturated heterocycles. The number of aromatic nitrogens is 2. The lowest BCUT2D eigenvalue weighted by atomic mass is 9.89. The predicted molar refractivity (Wildman–Crippen MR) is 136 cm³/mol. The van der Waals surface area contributed by atoms with E-state index in [1.807, 2.05) is 17.0 Å². The molecule has 3 aromatic rings. The topological polar surface area (TPSA) is 102 Å². The molecule has 2 fully saturated rings. The van der Waals surface area contributed by atoms with Crippen LogP contribution in [0.15, 0.2) is 66.9 Å². The molecule has 8 nitrogen and oxygen atoms in total. The lowest BCUT2D eigenvalue weighted by molar-refractivity contribution is -0.121. The van der Waals surface area contributed by atoms with Crippen LogP contribution in [0.4, 0.5) is 11.5 Å². The zero-order valence-corrected chi connectivity index (χ0v) is 20.0. The summed E-state index contributed by atoms with van der Waals surface area (Å²) in [5.74, 6) is 0.783. The van der Waals surface area contributed by atoms with Crippen LogP contribution in [-0.4, -0.2) is 53.1 Å². The fourth-order valence-electron chi connectivity index (χ4n) is 5.05. The van der Waals surface area contributed by atoms with Gasteiger partial charge in [-0.1, -0.05) is 18.2 Å². The summed E-state index contributed by atoms with van der Waals surface area (Å²) in [7, 11) is 0. The minimum atomic E-state index is -0.0811. The van der Waals surface area contributed by atoms with Crippen LogP contribution in [0.3, 0.4) is 0 Å². The van der Waals surface area contributed by atoms with Gasteiger partial charge in [-0.2, -0.15) is 10.4 Å². The zero-order valence-electron chi connectivity index (χ0n) is 20.0. The molecule has 1 aromatic heterocycles. The van der Waals surface area contributed by atoms with E-state index < -0.39 is 0 Å². The first-order valence-electron chi connectivity index (χ1n) is 12.4. The van der Waals surface area contributed by atoms with E-state index in [0.29, 0.717) is 42.5 Å². The Labute approximate surface area is 210 Å². The summed E-state index contributed by atoms with van der Waals surface area (Å²) in [4.78, 5) is 29.8. The number of anilines is 2. The fourth-order valence-corrected chi connectivity index (χ4v) is 5.05. The zero-order chi connectivity index (χ0) is 24.9. The van der Waals surface area contributed by atoms with Crippen LogP contribution in [0.2, 0.25) is 0 Å². The molecule has 0 saturated carbocycles. The molecule has 0 unspecified atom stereocenters. The molecule has 0 bridgehead atoms. The highest BCUT2D eigenvalue weighted by atomic mass is 16.2. The molecule has 36 heavy (non-hydrogen) atoms. The number of carbonyl (C=O) groups excluding carboxylic acids is 2. The number of piperidine rings is 1. The van der Waals surface area contributed by atoms with Crippen molar-refractivity contribution in [1.29, 1.82) is 5.26 Å². The predicted octanol–water partition coefficient (Wildman–Crippen LogP) is 3.64. The van der Waals surface area contributed by atoms with Gasteiger partial charge in [0.05, 0.1) is 23.2 Å². The van der Waals surface area contributed by atoms with Crippen molar-refractivity contribution < 1.29 is 9.59 Å². The van der Waals surface area contributed by atoms with E-state index in [2.05, 4.69) is 33.7 Å². The summed E-state index contributed by atoms with van der Waals surface area (Å²) >= 11 is 0. The first kappa shape index (κ1) is 23.6. The first-order valence-corrected chi connectivity index (χ1v) is 12.4. The molecule has 0 aliphatic carbocycles. The van der Waals surface area contributed by atoms with Gasteiger partial charge >= 0.3 is 0 Å². The molecule has 1 atom stereocenters. The van der Waals surface area contributed by atoms with Crippen molar-refractivity contribution in [2.45, 2.75) is 25.2 Å². The van der Waals surface area contributed by atoms with Gasteiger partial charge in [-0.15, -0.1) is 5.10 Å². The highest BCUT2D eigenvalue weighted by Crippen LogP contribution is 2.32. The second-order valence-corrected chi connectivity index (χ2v) is 9.30. The highest BCUT2D eigenvalue weighted by Gasteiger charge is 2.30. The Morgan fingerprint density at radius 1 is 1.03 bits per heavy atom. The van der Waals surface area contributed by atoms with Gasteiger partial charge in [-0.25, -0.2) is 0 Å². The fraction of sp³-hybridized carbons (Fsp3) is 0.321. The molecular weight excluding hydrogens is 452 g/mol. The van der Waals surface area contributed by atoms with Crippen LogP contribution in [-0.2, 0) is 4.79 Å². The molecule has 2 aromatic carbocycles. The molecule has 0 spiro atoms. The summed E-state index contributed by atoms with van der Waals surface area (Å²) in [6, 6.07) is 20.7. The number of nitriles is 1. The Bertz CT molecular complexity index is 1260. The summed E-state index contributed by atoms with van der Waals surface area (Å²) < 4.78 is 0. The number of carbonyl (C=O) groups is 2. The van der Waals surface area contributed by atoms with Crippen molar-refractivity contribution in [2.75, 3.05) is 31.1 Å². The lowest BCUT2D eigenvalue weighted by Crippen LogP contribution is -2.38. The van der Waals surface area contributed by atoms with E-state index in [1.54, 1.807) is 47.5 Å². The second kappa shape index (κ2) is 10.7. The van der Waals surface area contributed by atoms with Gasteiger partial charge in [0.1, 0.15) is 0 Å². The van der Waals surface area contributed by atoms with Crippen molar-refractivity contribution in [3.8, 4) is 6.07 Å². The van der Waals surface area contributed by atoms with Crippen molar-refractivity contribution in [1.82, 2.24) is 20.4 Å². The van der Waals surface area contributed by atoms with Gasteiger partial charge in [-0.3, -0.25) is 14.5 Å². The van der Waals surface area contributed by atoms with Gasteiger partial charge in [0.15, 0.2) is 5.82 Å². The molecular formula is C28H28N6O2. The number of rotatable bonds is 5. The third kappa shape index (κ3) is 4.97. The number of nitrogens with one attached hydrogen (secondary N) is 1. The average molecular weight is 481 g/mol. The van der Waals surface area contributed by atoms with Crippen molar-refractivity contribution in [3.63, 3.8) is 0 Å². The van der Waals surface area contributed by atoms with Crippen molar-refractivity contribution in [3.05, 3.63) is 83.6 Å². The Morgan fingerprint density at radius 2 is 1.83 bits per heavy atom. The minimum absolute atomic E-state index is 0.0274. The Hall–Kier alpha value is -4.09. The van der Waals surface area contributed by atoms with Crippen LogP contribution in [0.25, 0.3) is 0 Å². The molecule has 8 heteroatoms. The molecule has 2 aliphatic rings. The molecule has 0 radical (unpaired) electrons. The third-order valence-electron chi connectivity index (χ3n) is 7.06. The van der Waals surface area contributed by atoms with E-state index in [1.165, 1.54) is 5.56 Å². The molecule has 2 aliphatic heterocycles. The maximum absolute atomic E-state index is 13.4. The van der Waals surface area contributed by atoms with Gasteiger partial charge in [0.2, 0.25) is 5.91 Å². The van der Waals surface area contributed by atoms with Crippen LogP contribution in [0.5, 0.6) is 0 Å². The van der Waals surface area contributed by atoms with Crippen molar-refractivity contribution >= 4 is 23.3 Å². The summed E-state index contributed by atoms with van der Waals surface area (Å²) in [6.45, 7) is 2.85. The maximum atomic E-state index is 13.4. The van der Waals surface area contributed by atoms with Crippen LogP contribution in [0.1, 0.15) is 46.7 Å². The third-order valence-corrected chi connectivity index (χ3v) is 7.06. The Kier molecular flexibility index (Phi) is 7.01. The number of benzene rings is 2. The number of nitrogens with zero attached hydrogens (tertiary/aromatic N) is 5. The molecule has 1 N–H and O–H groups in total. The lowest BCUT2D eigenvalue weighted by Gasteiger charge is -2.32. The van der Waals surface area contributed by atoms with Crippen LogP contribution >= 0.6 is 0 Å². The van der Waals surface area contributed by atoms with Gasteiger partial charge in [0.25, 0.3) is 5.91 Å². The molecule has 5 rings (SSSR count). The number of likely N-dealkylation sites (tertiary alicyclic amines) is 1.